The van der Waals surface area contributed by atoms with Crippen LogP contribution in [0.25, 0.3) is 67.5 Å². The second kappa shape index (κ2) is 14.6. The van der Waals surface area contributed by atoms with E-state index in [0.717, 1.165) is 67.8 Å². The van der Waals surface area contributed by atoms with Gasteiger partial charge in [-0.05, 0) is 107 Å². The van der Waals surface area contributed by atoms with E-state index in [1.807, 2.05) is 84.9 Å². The summed E-state index contributed by atoms with van der Waals surface area (Å²) in [6, 6.07) is 55.0. The van der Waals surface area contributed by atoms with Gasteiger partial charge >= 0.3 is 0 Å². The van der Waals surface area contributed by atoms with Gasteiger partial charge in [-0.25, -0.2) is 15.0 Å². The third-order valence-electron chi connectivity index (χ3n) is 11.9. The van der Waals surface area contributed by atoms with E-state index in [4.69, 9.17) is 15.0 Å². The van der Waals surface area contributed by atoms with E-state index in [-0.39, 0.29) is 5.41 Å². The minimum absolute atomic E-state index is 0.257. The lowest BCUT2D eigenvalue weighted by atomic mass is 9.54. The van der Waals surface area contributed by atoms with Crippen molar-refractivity contribution in [3.8, 4) is 73.6 Å². The monoisotopic (exact) mass is 712 g/mol. The molecule has 4 heteroatoms. The van der Waals surface area contributed by atoms with E-state index < -0.39 is 0 Å². The maximum absolute atomic E-state index is 10.1. The van der Waals surface area contributed by atoms with Crippen LogP contribution in [-0.2, 0) is 5.41 Å². The Morgan fingerprint density at radius 3 is 1.58 bits per heavy atom. The summed E-state index contributed by atoms with van der Waals surface area (Å²) in [6.45, 7) is 4.91. The molecule has 2 bridgehead atoms. The van der Waals surface area contributed by atoms with Crippen LogP contribution < -0.4 is 0 Å². The largest absolute Gasteiger partial charge is 0.208 e. The Morgan fingerprint density at radius 1 is 0.491 bits per heavy atom. The van der Waals surface area contributed by atoms with Crippen molar-refractivity contribution >= 4 is 0 Å². The van der Waals surface area contributed by atoms with Crippen molar-refractivity contribution in [1.29, 1.82) is 5.26 Å². The summed E-state index contributed by atoms with van der Waals surface area (Å²) in [7, 11) is 0. The zero-order valence-corrected chi connectivity index (χ0v) is 31.5. The molecule has 4 atom stereocenters. The molecule has 0 radical (unpaired) electrons. The van der Waals surface area contributed by atoms with Crippen molar-refractivity contribution in [2.45, 2.75) is 51.4 Å². The first-order valence-electron chi connectivity index (χ1n) is 19.7. The second-order valence-electron chi connectivity index (χ2n) is 16.0. The highest BCUT2D eigenvalue weighted by Crippen LogP contribution is 2.54. The number of rotatable bonds is 7. The van der Waals surface area contributed by atoms with E-state index in [9.17, 15) is 5.26 Å². The number of hydrogen-bond acceptors (Lipinski definition) is 4. The summed E-state index contributed by atoms with van der Waals surface area (Å²) < 4.78 is 0. The molecule has 0 amide bonds. The van der Waals surface area contributed by atoms with E-state index in [0.29, 0.717) is 23.0 Å². The molecule has 0 aliphatic heterocycles. The van der Waals surface area contributed by atoms with Crippen molar-refractivity contribution in [2.75, 3.05) is 0 Å². The van der Waals surface area contributed by atoms with Crippen LogP contribution >= 0.6 is 0 Å². The smallest absolute Gasteiger partial charge is 0.164 e. The Hall–Kier alpha value is -6.18. The van der Waals surface area contributed by atoms with Crippen LogP contribution in [0.3, 0.4) is 0 Å². The lowest BCUT2D eigenvalue weighted by Gasteiger charge is -2.50. The molecule has 2 saturated carbocycles. The van der Waals surface area contributed by atoms with Crippen LogP contribution in [0.5, 0.6) is 0 Å². The third-order valence-corrected chi connectivity index (χ3v) is 11.9. The molecule has 2 aliphatic rings. The Bertz CT molecular complexity index is 2420. The molecule has 4 nitrogen and oxygen atoms in total. The standard InChI is InChI=1S/C51H44N4/c1-34-27-37-28-35(2)31-51(30-34,32-37)43-23-21-38(22-24-43)44-25-26-45(46(39-14-6-3-7-15-39)47(44)42-20-12-13-36(29-42)33-52)50-54-48(40-16-8-4-9-17-40)53-49(55-50)41-18-10-5-11-19-41/h3-26,29,34-35,37H,27-28,30-32H2,1-2H3/t34-,35+,37?,51?. The highest BCUT2D eigenvalue weighted by Gasteiger charge is 2.45. The molecule has 1 heterocycles. The Morgan fingerprint density at radius 2 is 1.00 bits per heavy atom. The topological polar surface area (TPSA) is 62.5 Å². The SMILES string of the molecule is C[C@@H]1CC2C[C@H](C)CC(c3ccc(-c4ccc(-c5nc(-c6ccccc6)nc(-c6ccccc6)n5)c(-c5ccccc5)c4-c4cccc(C#N)c4)cc3)(C2)C1. The van der Waals surface area contributed by atoms with Crippen LogP contribution in [0.15, 0.2) is 152 Å². The van der Waals surface area contributed by atoms with E-state index >= 15 is 0 Å². The maximum atomic E-state index is 10.1. The van der Waals surface area contributed by atoms with Crippen LogP contribution in [0.2, 0.25) is 0 Å². The van der Waals surface area contributed by atoms with Gasteiger partial charge in [0, 0.05) is 22.3 Å². The highest BCUT2D eigenvalue weighted by atomic mass is 15.0. The van der Waals surface area contributed by atoms with Crippen LogP contribution in [0, 0.1) is 29.1 Å². The summed E-state index contributed by atoms with van der Waals surface area (Å²) in [5.74, 6) is 4.17. The molecule has 2 unspecified atom stereocenters. The van der Waals surface area contributed by atoms with Gasteiger partial charge in [-0.3, -0.25) is 0 Å². The number of hydrogen-bond donors (Lipinski definition) is 0. The van der Waals surface area contributed by atoms with Gasteiger partial charge < -0.3 is 0 Å². The highest BCUT2D eigenvalue weighted by molar-refractivity contribution is 6.01. The molecule has 0 spiro atoms. The first-order chi connectivity index (χ1) is 27.0. The average Bonchev–Trinajstić information content (AvgIpc) is 3.23. The molecule has 9 rings (SSSR count). The van der Waals surface area contributed by atoms with Crippen LogP contribution in [0.1, 0.15) is 57.1 Å². The number of nitriles is 1. The number of fused-ring (bicyclic) bond motifs is 2. The molecule has 2 fully saturated rings. The molecule has 0 N–H and O–H groups in total. The Balaban J connectivity index is 1.28. The molecule has 268 valence electrons. The normalized spacial score (nSPS) is 20.4. The fraction of sp³-hybridized carbons (Fsp3) is 0.216. The fourth-order valence-corrected chi connectivity index (χ4v) is 9.97. The summed E-state index contributed by atoms with van der Waals surface area (Å²) in [6.07, 6.45) is 6.58. The van der Waals surface area contributed by atoms with Crippen LogP contribution in [-0.4, -0.2) is 15.0 Å². The zero-order chi connectivity index (χ0) is 37.4. The number of benzene rings is 6. The van der Waals surface area contributed by atoms with Crippen molar-refractivity contribution in [3.05, 3.63) is 163 Å². The van der Waals surface area contributed by atoms with E-state index in [1.54, 1.807) is 0 Å². The predicted molar refractivity (Wildman–Crippen MR) is 224 cm³/mol. The zero-order valence-electron chi connectivity index (χ0n) is 31.5. The number of aromatic nitrogens is 3. The summed E-state index contributed by atoms with van der Waals surface area (Å²) in [5, 5.41) is 10.1. The summed E-state index contributed by atoms with van der Waals surface area (Å²) in [4.78, 5) is 15.4. The van der Waals surface area contributed by atoms with Crippen LogP contribution in [0.4, 0.5) is 0 Å². The van der Waals surface area contributed by atoms with Gasteiger partial charge in [-0.1, -0.05) is 147 Å². The Labute approximate surface area is 324 Å². The minimum Gasteiger partial charge on any atom is -0.208 e. The molecule has 2 aliphatic carbocycles. The minimum atomic E-state index is 0.257. The fourth-order valence-electron chi connectivity index (χ4n) is 9.97. The molecule has 6 aromatic carbocycles. The molecule has 0 saturated heterocycles. The van der Waals surface area contributed by atoms with Gasteiger partial charge in [0.25, 0.3) is 0 Å². The summed E-state index contributed by atoms with van der Waals surface area (Å²) in [5.41, 5.74) is 11.5. The summed E-state index contributed by atoms with van der Waals surface area (Å²) >= 11 is 0. The van der Waals surface area contributed by atoms with Crippen molar-refractivity contribution < 1.29 is 0 Å². The quantitative estimate of drug-likeness (QED) is 0.165. The molecule has 55 heavy (non-hydrogen) atoms. The van der Waals surface area contributed by atoms with Gasteiger partial charge in [0.2, 0.25) is 0 Å². The maximum Gasteiger partial charge on any atom is 0.164 e. The van der Waals surface area contributed by atoms with Gasteiger partial charge in [0.15, 0.2) is 17.5 Å². The first kappa shape index (κ1) is 34.6. The second-order valence-corrected chi connectivity index (χ2v) is 16.0. The van der Waals surface area contributed by atoms with Gasteiger partial charge in [-0.15, -0.1) is 0 Å². The van der Waals surface area contributed by atoms with Crippen molar-refractivity contribution in [2.24, 2.45) is 17.8 Å². The lowest BCUT2D eigenvalue weighted by molar-refractivity contribution is 0.0780. The number of nitrogens with zero attached hydrogens (tertiary/aromatic N) is 4. The van der Waals surface area contributed by atoms with Gasteiger partial charge in [0.05, 0.1) is 11.6 Å². The third kappa shape index (κ3) is 6.77. The van der Waals surface area contributed by atoms with Crippen molar-refractivity contribution in [3.63, 3.8) is 0 Å². The molecule has 7 aromatic rings. The van der Waals surface area contributed by atoms with Gasteiger partial charge in [-0.2, -0.15) is 5.26 Å². The lowest BCUT2D eigenvalue weighted by Crippen LogP contribution is -2.42. The predicted octanol–water partition coefficient (Wildman–Crippen LogP) is 12.8. The van der Waals surface area contributed by atoms with Gasteiger partial charge in [0.1, 0.15) is 0 Å². The first-order valence-corrected chi connectivity index (χ1v) is 19.7. The molecular formula is C51H44N4. The molecule has 1 aromatic heterocycles. The molecular weight excluding hydrogens is 669 g/mol. The van der Waals surface area contributed by atoms with E-state index in [1.165, 1.54) is 37.7 Å². The van der Waals surface area contributed by atoms with E-state index in [2.05, 4.69) is 86.6 Å². The van der Waals surface area contributed by atoms with Crippen molar-refractivity contribution in [1.82, 2.24) is 15.0 Å². The Kier molecular flexibility index (Phi) is 9.16. The average molecular weight is 713 g/mol.